The maximum absolute atomic E-state index is 13.0. The molecule has 49 heavy (non-hydrogen) atoms. The number of phenols is 1. The molecule has 10 nitrogen and oxygen atoms in total. The number of fused-ring (bicyclic) bond motifs is 2. The Labute approximate surface area is 297 Å². The van der Waals surface area contributed by atoms with Gasteiger partial charge in [0.2, 0.25) is 0 Å². The van der Waals surface area contributed by atoms with E-state index in [0.717, 1.165) is 38.0 Å². The summed E-state index contributed by atoms with van der Waals surface area (Å²) in [5.74, 6) is 1.95. The SMILES string of the molecule is [C-]#[N+]c1c(-c2c(Cl)ccc3c(CCCO)c(C(=O)OC)n(C)c23)c(CSCc2cc(CSc3cc(O)c4ccccc4c3)n(C)n2)nn1C. The lowest BCUT2D eigenvalue weighted by Crippen LogP contribution is -2.10. The second-order valence-corrected chi connectivity index (χ2v) is 14.0. The molecule has 2 N–H and O–H groups in total. The van der Waals surface area contributed by atoms with Crippen LogP contribution in [0.4, 0.5) is 5.82 Å². The van der Waals surface area contributed by atoms with Gasteiger partial charge in [-0.2, -0.15) is 5.10 Å². The number of rotatable bonds is 12. The number of phenolic OH excluding ortho intramolecular Hbond substituents is 1. The van der Waals surface area contributed by atoms with Gasteiger partial charge in [0.05, 0.1) is 31.1 Å². The second-order valence-electron chi connectivity index (χ2n) is 11.6. The maximum Gasteiger partial charge on any atom is 0.354 e. The third-order valence-corrected chi connectivity index (χ3v) is 10.8. The molecular weight excluding hydrogens is 680 g/mol. The van der Waals surface area contributed by atoms with Crippen molar-refractivity contribution in [2.45, 2.75) is 35.0 Å². The van der Waals surface area contributed by atoms with E-state index in [2.05, 4.69) is 17.0 Å². The van der Waals surface area contributed by atoms with Gasteiger partial charge in [-0.3, -0.25) is 4.68 Å². The monoisotopic (exact) mass is 714 g/mol. The van der Waals surface area contributed by atoms with E-state index in [0.29, 0.717) is 69.0 Å². The Bertz CT molecular complexity index is 2250. The number of halogens is 1. The van der Waals surface area contributed by atoms with E-state index in [9.17, 15) is 15.0 Å². The summed E-state index contributed by atoms with van der Waals surface area (Å²) in [6, 6.07) is 17.4. The predicted molar refractivity (Wildman–Crippen MR) is 197 cm³/mol. The lowest BCUT2D eigenvalue weighted by atomic mass is 9.99. The van der Waals surface area contributed by atoms with E-state index in [1.54, 1.807) is 59.0 Å². The van der Waals surface area contributed by atoms with Gasteiger partial charge < -0.3 is 24.4 Å². The summed E-state index contributed by atoms with van der Waals surface area (Å²) in [5, 5.41) is 32.6. The minimum absolute atomic E-state index is 0.0189. The number of esters is 1. The fourth-order valence-corrected chi connectivity index (χ4v) is 8.38. The van der Waals surface area contributed by atoms with Gasteiger partial charge in [0.15, 0.2) is 0 Å². The number of carbonyl (C=O) groups excluding carboxylic acids is 1. The topological polar surface area (TPSA) is 112 Å². The van der Waals surface area contributed by atoms with Crippen molar-refractivity contribution >= 4 is 68.6 Å². The minimum Gasteiger partial charge on any atom is -0.507 e. The van der Waals surface area contributed by atoms with Crippen LogP contribution < -0.4 is 0 Å². The van der Waals surface area contributed by atoms with Crippen molar-refractivity contribution in [3.8, 4) is 16.9 Å². The Morgan fingerprint density at radius 2 is 1.80 bits per heavy atom. The highest BCUT2D eigenvalue weighted by Crippen LogP contribution is 2.45. The normalized spacial score (nSPS) is 11.4. The molecule has 6 aromatic rings. The first-order valence-corrected chi connectivity index (χ1v) is 18.0. The summed E-state index contributed by atoms with van der Waals surface area (Å²) in [7, 11) is 6.81. The number of thioether (sulfide) groups is 2. The number of ether oxygens (including phenoxy) is 1. The van der Waals surface area contributed by atoms with Crippen molar-refractivity contribution in [2.24, 2.45) is 21.1 Å². The molecule has 0 spiro atoms. The van der Waals surface area contributed by atoms with Crippen LogP contribution in [0.15, 0.2) is 59.5 Å². The average Bonchev–Trinajstić information content (AvgIpc) is 3.71. The first-order chi connectivity index (χ1) is 23.7. The molecule has 6 rings (SSSR count). The van der Waals surface area contributed by atoms with Gasteiger partial charge in [0.25, 0.3) is 5.82 Å². The van der Waals surface area contributed by atoms with Crippen molar-refractivity contribution < 1.29 is 19.7 Å². The number of aliphatic hydroxyl groups excluding tert-OH is 1. The first kappa shape index (κ1) is 34.5. The first-order valence-electron chi connectivity index (χ1n) is 15.5. The minimum atomic E-state index is -0.482. The zero-order valence-electron chi connectivity index (χ0n) is 27.5. The molecule has 13 heteroatoms. The molecule has 3 aromatic heterocycles. The lowest BCUT2D eigenvalue weighted by molar-refractivity contribution is 0.0589. The number of hydrogen-bond acceptors (Lipinski definition) is 8. The van der Waals surface area contributed by atoms with Crippen molar-refractivity contribution in [1.82, 2.24) is 24.1 Å². The Balaban J connectivity index is 1.26. The average molecular weight is 715 g/mol. The molecule has 0 aliphatic heterocycles. The molecule has 0 amide bonds. The van der Waals surface area contributed by atoms with Gasteiger partial charge in [0.1, 0.15) is 11.4 Å². The fourth-order valence-electron chi connectivity index (χ4n) is 6.29. The van der Waals surface area contributed by atoms with Gasteiger partial charge in [0, 0.05) is 75.5 Å². The number of aromatic hydroxyl groups is 1. The zero-order valence-corrected chi connectivity index (χ0v) is 29.9. The number of aryl methyl sites for hydroxylation is 4. The number of hydrogen-bond donors (Lipinski definition) is 2. The van der Waals surface area contributed by atoms with Gasteiger partial charge >= 0.3 is 5.97 Å². The smallest absolute Gasteiger partial charge is 0.354 e. The molecule has 3 heterocycles. The molecule has 0 unspecified atom stereocenters. The number of methoxy groups -OCH3 is 1. The van der Waals surface area contributed by atoms with E-state index in [1.807, 2.05) is 42.1 Å². The Hall–Kier alpha value is -4.41. The molecule has 0 saturated heterocycles. The maximum atomic E-state index is 13.0. The molecule has 0 saturated carbocycles. The van der Waals surface area contributed by atoms with E-state index in [1.165, 1.54) is 7.11 Å². The Morgan fingerprint density at radius 1 is 1.00 bits per heavy atom. The van der Waals surface area contributed by atoms with Crippen LogP contribution in [-0.4, -0.2) is 54.0 Å². The molecule has 0 radical (unpaired) electrons. The third kappa shape index (κ3) is 6.64. The van der Waals surface area contributed by atoms with Crippen LogP contribution in [0, 0.1) is 6.57 Å². The molecule has 3 aromatic carbocycles. The molecule has 252 valence electrons. The number of nitrogens with zero attached hydrogens (tertiary/aromatic N) is 6. The van der Waals surface area contributed by atoms with E-state index in [-0.39, 0.29) is 12.4 Å². The van der Waals surface area contributed by atoms with E-state index < -0.39 is 5.97 Å². The summed E-state index contributed by atoms with van der Waals surface area (Å²) >= 11 is 10.2. The van der Waals surface area contributed by atoms with E-state index in [4.69, 9.17) is 33.1 Å². The van der Waals surface area contributed by atoms with Gasteiger partial charge in [-0.1, -0.05) is 48.5 Å². The van der Waals surface area contributed by atoms with E-state index >= 15 is 0 Å². The van der Waals surface area contributed by atoms with Crippen molar-refractivity contribution in [3.63, 3.8) is 0 Å². The quantitative estimate of drug-likeness (QED) is 0.0750. The van der Waals surface area contributed by atoms with Crippen LogP contribution in [0.1, 0.15) is 39.6 Å². The summed E-state index contributed by atoms with van der Waals surface area (Å²) in [6.07, 6.45) is 0.949. The summed E-state index contributed by atoms with van der Waals surface area (Å²) in [6.45, 7) is 8.01. The van der Waals surface area contributed by atoms with Gasteiger partial charge in [-0.05, 0) is 48.1 Å². The highest BCUT2D eigenvalue weighted by molar-refractivity contribution is 7.98. The summed E-state index contributed by atoms with van der Waals surface area (Å²) in [5.41, 5.74) is 5.80. The predicted octanol–water partition coefficient (Wildman–Crippen LogP) is 7.81. The summed E-state index contributed by atoms with van der Waals surface area (Å²) in [4.78, 5) is 17.8. The second kappa shape index (κ2) is 14.6. The molecule has 0 fully saturated rings. The van der Waals surface area contributed by atoms with Crippen molar-refractivity contribution in [2.75, 3.05) is 13.7 Å². The van der Waals surface area contributed by atoms with Gasteiger partial charge in [-0.25, -0.2) is 9.48 Å². The zero-order chi connectivity index (χ0) is 34.8. The Morgan fingerprint density at radius 3 is 2.55 bits per heavy atom. The fraction of sp³-hybridized carbons (Fsp3) is 0.278. The van der Waals surface area contributed by atoms with Crippen molar-refractivity contribution in [3.05, 3.63) is 99.4 Å². The highest BCUT2D eigenvalue weighted by Gasteiger charge is 2.28. The Kier molecular flexibility index (Phi) is 10.3. The molecule has 0 aliphatic carbocycles. The van der Waals surface area contributed by atoms with Crippen LogP contribution in [0.3, 0.4) is 0 Å². The number of benzene rings is 3. The number of aromatic nitrogens is 5. The largest absolute Gasteiger partial charge is 0.507 e. The lowest BCUT2D eigenvalue weighted by Gasteiger charge is -2.11. The standard InChI is InChI=1S/C36H35ClN6O4S2/c1-38-35-32(31-28(37)13-12-27-26(11-8-14-44)34(36(46)47-5)41(2)33(27)31)29(40-43(35)4)20-48-18-22-16-23(42(3)39-22)19-49-24-15-21-9-6-7-10-25(21)30(45)17-24/h6-7,9-10,12-13,15-17,44-45H,8,11,14,18-20H2,2-5H3. The summed E-state index contributed by atoms with van der Waals surface area (Å²) < 4.78 is 10.4. The molecule has 0 aliphatic rings. The van der Waals surface area contributed by atoms with Crippen LogP contribution in [0.25, 0.3) is 37.6 Å². The van der Waals surface area contributed by atoms with Crippen LogP contribution in [0.5, 0.6) is 5.75 Å². The van der Waals surface area contributed by atoms with Crippen LogP contribution in [0.2, 0.25) is 5.02 Å². The highest BCUT2D eigenvalue weighted by atomic mass is 35.5. The van der Waals surface area contributed by atoms with Crippen LogP contribution in [-0.2, 0) is 49.6 Å². The molecule has 0 bridgehead atoms. The van der Waals surface area contributed by atoms with Crippen LogP contribution >= 0.6 is 35.1 Å². The molecule has 0 atom stereocenters. The number of aliphatic hydroxyl groups is 1. The van der Waals surface area contributed by atoms with Gasteiger partial charge in [-0.15, -0.1) is 28.6 Å². The third-order valence-electron chi connectivity index (χ3n) is 8.53. The molecular formula is C36H35ClN6O4S2. The number of carbonyl (C=O) groups is 1. The van der Waals surface area contributed by atoms with Crippen molar-refractivity contribution in [1.29, 1.82) is 0 Å².